The van der Waals surface area contributed by atoms with Gasteiger partial charge < -0.3 is 5.11 Å². The molecule has 1 aromatic heterocycles. The fourth-order valence-electron chi connectivity index (χ4n) is 2.29. The van der Waals surface area contributed by atoms with Crippen LogP contribution in [0.1, 0.15) is 48.3 Å². The zero-order valence-corrected chi connectivity index (χ0v) is 10.8. The minimum atomic E-state index is -3.10. The minimum Gasteiger partial charge on any atom is -0.364 e. The molecule has 1 aliphatic carbocycles. The highest BCUT2D eigenvalue weighted by atomic mass is 19.3. The summed E-state index contributed by atoms with van der Waals surface area (Å²) in [6.07, 6.45) is -1.42. The average molecular weight is 284 g/mol. The number of aromatic amines is 1. The Labute approximate surface area is 113 Å². The predicted molar refractivity (Wildman–Crippen MR) is 65.4 cm³/mol. The molecule has 20 heavy (non-hydrogen) atoms. The lowest BCUT2D eigenvalue weighted by Crippen LogP contribution is -2.51. The zero-order valence-electron chi connectivity index (χ0n) is 10.8. The molecule has 1 aliphatic heterocycles. The van der Waals surface area contributed by atoms with Gasteiger partial charge in [0.1, 0.15) is 0 Å². The number of hydrazone groups is 1. The van der Waals surface area contributed by atoms with Gasteiger partial charge in [-0.15, -0.1) is 0 Å². The van der Waals surface area contributed by atoms with Gasteiger partial charge in [0.05, 0.1) is 0 Å². The average Bonchev–Trinajstić information content (AvgIpc) is 3.03. The van der Waals surface area contributed by atoms with E-state index in [4.69, 9.17) is 0 Å². The van der Waals surface area contributed by atoms with Gasteiger partial charge in [0.25, 0.3) is 12.3 Å². The smallest absolute Gasteiger partial charge is 0.297 e. The highest BCUT2D eigenvalue weighted by molar-refractivity contribution is 5.96. The van der Waals surface area contributed by atoms with E-state index in [1.165, 1.54) is 13.0 Å². The molecule has 1 amide bonds. The summed E-state index contributed by atoms with van der Waals surface area (Å²) >= 11 is 0. The number of alkyl halides is 2. The Kier molecular flexibility index (Phi) is 2.86. The molecule has 3 rings (SSSR count). The van der Waals surface area contributed by atoms with E-state index in [1.54, 1.807) is 0 Å². The van der Waals surface area contributed by atoms with Crippen molar-refractivity contribution in [2.75, 3.05) is 0 Å². The number of hydrogen-bond acceptors (Lipinski definition) is 4. The number of aliphatic hydroxyl groups is 1. The van der Waals surface area contributed by atoms with E-state index in [9.17, 15) is 18.7 Å². The zero-order chi connectivity index (χ0) is 14.5. The Balaban J connectivity index is 1.87. The fourth-order valence-corrected chi connectivity index (χ4v) is 2.29. The maximum Gasteiger partial charge on any atom is 0.297 e. The van der Waals surface area contributed by atoms with Crippen LogP contribution < -0.4 is 0 Å². The van der Waals surface area contributed by atoms with Gasteiger partial charge in [0, 0.05) is 23.7 Å². The summed E-state index contributed by atoms with van der Waals surface area (Å²) < 4.78 is 26.0. The first-order valence-corrected chi connectivity index (χ1v) is 6.36. The van der Waals surface area contributed by atoms with E-state index in [2.05, 4.69) is 15.3 Å². The lowest BCUT2D eigenvalue weighted by Gasteiger charge is -2.29. The highest BCUT2D eigenvalue weighted by Gasteiger charge is 2.51. The maximum absolute atomic E-state index is 13.0. The number of halogens is 2. The number of carbonyl (C=O) groups excluding carboxylic acids is 1. The van der Waals surface area contributed by atoms with E-state index < -0.39 is 18.1 Å². The molecular formula is C12H14F2N4O2. The lowest BCUT2D eigenvalue weighted by molar-refractivity contribution is -0.164. The Morgan fingerprint density at radius 3 is 2.90 bits per heavy atom. The summed E-state index contributed by atoms with van der Waals surface area (Å²) in [5.41, 5.74) is -1.50. The minimum absolute atomic E-state index is 0.00979. The molecule has 2 heterocycles. The molecule has 0 radical (unpaired) electrons. The third-order valence-electron chi connectivity index (χ3n) is 3.53. The topological polar surface area (TPSA) is 81.6 Å². The highest BCUT2D eigenvalue weighted by Crippen LogP contribution is 2.39. The first-order valence-electron chi connectivity index (χ1n) is 6.36. The molecular weight excluding hydrogens is 270 g/mol. The van der Waals surface area contributed by atoms with E-state index in [0.717, 1.165) is 18.5 Å². The largest absolute Gasteiger partial charge is 0.364 e. The Morgan fingerprint density at radius 2 is 2.30 bits per heavy atom. The Hall–Kier alpha value is -1.83. The molecule has 1 fully saturated rings. The van der Waals surface area contributed by atoms with Crippen LogP contribution in [0.3, 0.4) is 0 Å². The van der Waals surface area contributed by atoms with E-state index >= 15 is 0 Å². The monoisotopic (exact) mass is 284 g/mol. The van der Waals surface area contributed by atoms with Crippen LogP contribution in [0.4, 0.5) is 8.78 Å². The quantitative estimate of drug-likeness (QED) is 0.881. The van der Waals surface area contributed by atoms with Gasteiger partial charge >= 0.3 is 0 Å². The molecule has 108 valence electrons. The molecule has 2 aliphatic rings. The van der Waals surface area contributed by atoms with Crippen molar-refractivity contribution in [2.24, 2.45) is 5.10 Å². The SMILES string of the molecule is CC1=NN(C(=O)c2cc(C3CC3)[nH]n2)[C@](O)(C(F)F)C1. The normalized spacial score (nSPS) is 26.2. The van der Waals surface area contributed by atoms with Crippen LogP contribution in [0.15, 0.2) is 11.2 Å². The molecule has 6 nitrogen and oxygen atoms in total. The van der Waals surface area contributed by atoms with Crippen molar-refractivity contribution in [1.29, 1.82) is 0 Å². The van der Waals surface area contributed by atoms with Crippen LogP contribution in [-0.4, -0.2) is 44.1 Å². The molecule has 0 bridgehead atoms. The Morgan fingerprint density at radius 1 is 1.60 bits per heavy atom. The van der Waals surface area contributed by atoms with Crippen molar-refractivity contribution in [3.63, 3.8) is 0 Å². The molecule has 8 heteroatoms. The van der Waals surface area contributed by atoms with E-state index in [-0.39, 0.29) is 17.8 Å². The van der Waals surface area contributed by atoms with Crippen molar-refractivity contribution < 1.29 is 18.7 Å². The number of aromatic nitrogens is 2. The third kappa shape index (κ3) is 2.00. The summed E-state index contributed by atoms with van der Waals surface area (Å²) in [5, 5.41) is 20.7. The van der Waals surface area contributed by atoms with Gasteiger partial charge in [-0.3, -0.25) is 9.89 Å². The van der Waals surface area contributed by atoms with Crippen molar-refractivity contribution in [3.05, 3.63) is 17.5 Å². The number of carbonyl (C=O) groups is 1. The second-order valence-corrected chi connectivity index (χ2v) is 5.29. The van der Waals surface area contributed by atoms with Crippen molar-refractivity contribution >= 4 is 11.6 Å². The summed E-state index contributed by atoms with van der Waals surface area (Å²) in [7, 11) is 0. The molecule has 1 atom stereocenters. The number of nitrogens with one attached hydrogen (secondary N) is 1. The number of nitrogens with zero attached hydrogens (tertiary/aromatic N) is 3. The van der Waals surface area contributed by atoms with Gasteiger partial charge in [-0.2, -0.15) is 15.2 Å². The Bertz CT molecular complexity index is 582. The number of rotatable bonds is 3. The predicted octanol–water partition coefficient (Wildman–Crippen LogP) is 1.46. The van der Waals surface area contributed by atoms with Crippen LogP contribution in [0.25, 0.3) is 0 Å². The second kappa shape index (κ2) is 4.34. The number of hydrogen-bond donors (Lipinski definition) is 2. The van der Waals surface area contributed by atoms with Crippen molar-refractivity contribution in [2.45, 2.75) is 44.3 Å². The summed E-state index contributed by atoms with van der Waals surface area (Å²) in [6.45, 7) is 1.49. The summed E-state index contributed by atoms with van der Waals surface area (Å²) in [4.78, 5) is 12.2. The van der Waals surface area contributed by atoms with Gasteiger partial charge in [0.15, 0.2) is 5.69 Å². The van der Waals surface area contributed by atoms with Crippen molar-refractivity contribution in [1.82, 2.24) is 15.2 Å². The van der Waals surface area contributed by atoms with Crippen LogP contribution in [0.5, 0.6) is 0 Å². The van der Waals surface area contributed by atoms with Crippen molar-refractivity contribution in [3.8, 4) is 0 Å². The molecule has 0 saturated heterocycles. The molecule has 2 N–H and O–H groups in total. The van der Waals surface area contributed by atoms with Crippen LogP contribution in [0.2, 0.25) is 0 Å². The van der Waals surface area contributed by atoms with Crippen LogP contribution in [-0.2, 0) is 0 Å². The van der Waals surface area contributed by atoms with Gasteiger partial charge in [-0.25, -0.2) is 8.78 Å². The number of amides is 1. The number of H-pyrrole nitrogens is 1. The molecule has 0 spiro atoms. The summed E-state index contributed by atoms with van der Waals surface area (Å²) in [6, 6.07) is 1.54. The van der Waals surface area contributed by atoms with E-state index in [1.807, 2.05) is 0 Å². The standard InChI is InChI=1S/C12H14F2N4O2/c1-6-5-12(20,11(13)14)18(17-6)10(19)9-4-8(15-16-9)7-2-3-7/h4,7,11,20H,2-3,5H2,1H3,(H,15,16)/t12-/m1/s1. The first kappa shape index (κ1) is 13.2. The fraction of sp³-hybridized carbons (Fsp3) is 0.583. The molecule has 0 unspecified atom stereocenters. The van der Waals surface area contributed by atoms with Crippen LogP contribution >= 0.6 is 0 Å². The molecule has 1 aromatic rings. The van der Waals surface area contributed by atoms with E-state index in [0.29, 0.717) is 10.9 Å². The molecule has 0 aromatic carbocycles. The van der Waals surface area contributed by atoms with Gasteiger partial charge in [-0.1, -0.05) is 0 Å². The third-order valence-corrected chi connectivity index (χ3v) is 3.53. The maximum atomic E-state index is 13.0. The molecule has 1 saturated carbocycles. The van der Waals surface area contributed by atoms with Gasteiger partial charge in [-0.05, 0) is 25.8 Å². The summed E-state index contributed by atoms with van der Waals surface area (Å²) in [5.74, 6) is -0.463. The van der Waals surface area contributed by atoms with Gasteiger partial charge in [0.2, 0.25) is 5.72 Å². The second-order valence-electron chi connectivity index (χ2n) is 5.29. The first-order chi connectivity index (χ1) is 9.41. The van der Waals surface area contributed by atoms with Crippen LogP contribution in [0, 0.1) is 0 Å². The lowest BCUT2D eigenvalue weighted by atomic mass is 10.1.